The standard InChI is InChI=1S/C14H10N4O/c19-9-4-5-11-12(7-9)17-14(16-11)10-8-15-18-6-2-1-3-13(10)18/h1-8,19H,(H,16,17). The number of fused-ring (bicyclic) bond motifs is 2. The Morgan fingerprint density at radius 2 is 2.11 bits per heavy atom. The first-order valence-corrected chi connectivity index (χ1v) is 5.93. The SMILES string of the molecule is Oc1ccc2nc(-c3cnn4ccccc34)[nH]c2c1. The molecule has 2 N–H and O–H groups in total. The van der Waals surface area contributed by atoms with E-state index in [1.54, 1.807) is 28.9 Å². The van der Waals surface area contributed by atoms with Gasteiger partial charge in [-0.3, -0.25) is 0 Å². The highest BCUT2D eigenvalue weighted by molar-refractivity contribution is 5.84. The molecule has 0 amide bonds. The van der Waals surface area contributed by atoms with Crippen molar-refractivity contribution in [1.29, 1.82) is 0 Å². The van der Waals surface area contributed by atoms with Gasteiger partial charge in [0.05, 0.1) is 28.3 Å². The molecule has 1 aromatic carbocycles. The van der Waals surface area contributed by atoms with Gasteiger partial charge in [-0.1, -0.05) is 6.07 Å². The fourth-order valence-corrected chi connectivity index (χ4v) is 2.24. The molecule has 0 fully saturated rings. The van der Waals surface area contributed by atoms with Gasteiger partial charge in [-0.05, 0) is 24.3 Å². The number of phenolic OH excluding ortho intramolecular Hbond substituents is 1. The van der Waals surface area contributed by atoms with E-state index < -0.39 is 0 Å². The minimum atomic E-state index is 0.225. The van der Waals surface area contributed by atoms with E-state index in [0.717, 1.165) is 27.9 Å². The number of imidazole rings is 1. The zero-order valence-electron chi connectivity index (χ0n) is 9.91. The van der Waals surface area contributed by atoms with Crippen LogP contribution in [-0.4, -0.2) is 24.7 Å². The third-order valence-electron chi connectivity index (χ3n) is 3.15. The molecule has 5 heteroatoms. The van der Waals surface area contributed by atoms with Crippen LogP contribution < -0.4 is 0 Å². The average Bonchev–Trinajstić information content (AvgIpc) is 3.00. The number of aromatic nitrogens is 4. The number of nitrogens with one attached hydrogen (secondary N) is 1. The third kappa shape index (κ3) is 1.48. The average molecular weight is 250 g/mol. The van der Waals surface area contributed by atoms with E-state index in [4.69, 9.17) is 0 Å². The minimum Gasteiger partial charge on any atom is -0.508 e. The molecular formula is C14H10N4O. The summed E-state index contributed by atoms with van der Waals surface area (Å²) in [6.07, 6.45) is 3.68. The molecular weight excluding hydrogens is 240 g/mol. The van der Waals surface area contributed by atoms with Crippen molar-refractivity contribution >= 4 is 16.6 Å². The molecule has 0 unspecified atom stereocenters. The van der Waals surface area contributed by atoms with Crippen LogP contribution in [0.1, 0.15) is 0 Å². The van der Waals surface area contributed by atoms with Crippen molar-refractivity contribution < 1.29 is 5.11 Å². The molecule has 4 aromatic rings. The van der Waals surface area contributed by atoms with Crippen LogP contribution in [0.15, 0.2) is 48.8 Å². The number of H-pyrrole nitrogens is 1. The zero-order valence-corrected chi connectivity index (χ0v) is 9.91. The molecule has 0 radical (unpaired) electrons. The van der Waals surface area contributed by atoms with Crippen LogP contribution in [0.5, 0.6) is 5.75 Å². The van der Waals surface area contributed by atoms with Crippen molar-refractivity contribution in [2.45, 2.75) is 0 Å². The molecule has 0 saturated carbocycles. The lowest BCUT2D eigenvalue weighted by molar-refractivity contribution is 0.476. The van der Waals surface area contributed by atoms with Gasteiger partial charge < -0.3 is 10.1 Å². The molecule has 0 aliphatic rings. The predicted molar refractivity (Wildman–Crippen MR) is 71.9 cm³/mol. The van der Waals surface area contributed by atoms with Gasteiger partial charge in [0, 0.05) is 12.3 Å². The van der Waals surface area contributed by atoms with E-state index in [2.05, 4.69) is 15.1 Å². The smallest absolute Gasteiger partial charge is 0.142 e. The van der Waals surface area contributed by atoms with Gasteiger partial charge in [0.1, 0.15) is 11.6 Å². The van der Waals surface area contributed by atoms with Crippen LogP contribution in [0.25, 0.3) is 27.9 Å². The van der Waals surface area contributed by atoms with Gasteiger partial charge >= 0.3 is 0 Å². The van der Waals surface area contributed by atoms with E-state index >= 15 is 0 Å². The number of rotatable bonds is 1. The van der Waals surface area contributed by atoms with Crippen molar-refractivity contribution in [3.8, 4) is 17.1 Å². The summed E-state index contributed by atoms with van der Waals surface area (Å²) in [4.78, 5) is 7.73. The number of hydrogen-bond donors (Lipinski definition) is 2. The van der Waals surface area contributed by atoms with Gasteiger partial charge in [-0.25, -0.2) is 9.50 Å². The molecule has 3 heterocycles. The maximum absolute atomic E-state index is 9.48. The molecule has 0 saturated heterocycles. The lowest BCUT2D eigenvalue weighted by Crippen LogP contribution is -1.84. The van der Waals surface area contributed by atoms with Crippen molar-refractivity contribution in [3.05, 3.63) is 48.8 Å². The molecule has 3 aromatic heterocycles. The summed E-state index contributed by atoms with van der Waals surface area (Å²) in [6.45, 7) is 0. The highest BCUT2D eigenvalue weighted by atomic mass is 16.3. The summed E-state index contributed by atoms with van der Waals surface area (Å²) in [5, 5.41) is 13.8. The Bertz CT molecular complexity index is 891. The van der Waals surface area contributed by atoms with Crippen LogP contribution in [-0.2, 0) is 0 Å². The van der Waals surface area contributed by atoms with Gasteiger partial charge in [-0.2, -0.15) is 5.10 Å². The van der Waals surface area contributed by atoms with Crippen LogP contribution >= 0.6 is 0 Å². The van der Waals surface area contributed by atoms with Gasteiger partial charge in [0.15, 0.2) is 0 Å². The van der Waals surface area contributed by atoms with Crippen LogP contribution in [0.2, 0.25) is 0 Å². The van der Waals surface area contributed by atoms with Crippen molar-refractivity contribution in [2.24, 2.45) is 0 Å². The number of nitrogens with zero attached hydrogens (tertiary/aromatic N) is 3. The molecule has 92 valence electrons. The second kappa shape index (κ2) is 3.58. The van der Waals surface area contributed by atoms with Crippen molar-refractivity contribution in [3.63, 3.8) is 0 Å². The second-order valence-corrected chi connectivity index (χ2v) is 4.38. The van der Waals surface area contributed by atoms with Crippen molar-refractivity contribution in [1.82, 2.24) is 19.6 Å². The topological polar surface area (TPSA) is 66.2 Å². The van der Waals surface area contributed by atoms with Gasteiger partial charge in [0.2, 0.25) is 0 Å². The number of aromatic hydroxyl groups is 1. The normalized spacial score (nSPS) is 11.4. The number of hydrogen-bond acceptors (Lipinski definition) is 3. The summed E-state index contributed by atoms with van der Waals surface area (Å²) >= 11 is 0. The molecule has 0 atom stereocenters. The molecule has 0 aliphatic carbocycles. The van der Waals surface area contributed by atoms with E-state index in [9.17, 15) is 5.11 Å². The first kappa shape index (κ1) is 10.1. The molecule has 0 spiro atoms. The Hall–Kier alpha value is -2.82. The second-order valence-electron chi connectivity index (χ2n) is 4.38. The Labute approximate surface area is 108 Å². The van der Waals surface area contributed by atoms with Crippen LogP contribution in [0.4, 0.5) is 0 Å². The predicted octanol–water partition coefficient (Wildman–Crippen LogP) is 2.58. The summed E-state index contributed by atoms with van der Waals surface area (Å²) < 4.78 is 1.81. The molecule has 0 bridgehead atoms. The maximum atomic E-state index is 9.48. The van der Waals surface area contributed by atoms with Crippen LogP contribution in [0, 0.1) is 0 Å². The van der Waals surface area contributed by atoms with E-state index in [0.29, 0.717) is 0 Å². The Balaban J connectivity index is 1.99. The Morgan fingerprint density at radius 1 is 1.16 bits per heavy atom. The largest absolute Gasteiger partial charge is 0.508 e. The summed E-state index contributed by atoms with van der Waals surface area (Å²) in [7, 11) is 0. The first-order chi connectivity index (χ1) is 9.31. The summed E-state index contributed by atoms with van der Waals surface area (Å²) in [5.74, 6) is 0.976. The van der Waals surface area contributed by atoms with E-state index in [-0.39, 0.29) is 5.75 Å². The number of phenols is 1. The highest BCUT2D eigenvalue weighted by Gasteiger charge is 2.10. The molecule has 4 rings (SSSR count). The van der Waals surface area contributed by atoms with Crippen molar-refractivity contribution in [2.75, 3.05) is 0 Å². The minimum absolute atomic E-state index is 0.225. The molecule has 5 nitrogen and oxygen atoms in total. The van der Waals surface area contributed by atoms with Crippen LogP contribution in [0.3, 0.4) is 0 Å². The fraction of sp³-hybridized carbons (Fsp3) is 0. The van der Waals surface area contributed by atoms with Gasteiger partial charge in [0.25, 0.3) is 0 Å². The highest BCUT2D eigenvalue weighted by Crippen LogP contribution is 2.25. The first-order valence-electron chi connectivity index (χ1n) is 5.93. The fourth-order valence-electron chi connectivity index (χ4n) is 2.24. The monoisotopic (exact) mass is 250 g/mol. The lowest BCUT2D eigenvalue weighted by Gasteiger charge is -1.93. The summed E-state index contributed by atoms with van der Waals surface area (Å²) in [6, 6.07) is 11.0. The lowest BCUT2D eigenvalue weighted by atomic mass is 10.2. The third-order valence-corrected chi connectivity index (χ3v) is 3.15. The number of pyridine rings is 1. The number of benzene rings is 1. The Kier molecular flexibility index (Phi) is 1.91. The van der Waals surface area contributed by atoms with E-state index in [1.807, 2.05) is 24.4 Å². The molecule has 0 aliphatic heterocycles. The number of aromatic amines is 1. The zero-order chi connectivity index (χ0) is 12.8. The summed E-state index contributed by atoms with van der Waals surface area (Å²) in [5.41, 5.74) is 3.57. The quantitative estimate of drug-likeness (QED) is 0.545. The van der Waals surface area contributed by atoms with Gasteiger partial charge in [-0.15, -0.1) is 0 Å². The Morgan fingerprint density at radius 3 is 3.05 bits per heavy atom. The maximum Gasteiger partial charge on any atom is 0.142 e. The molecule has 19 heavy (non-hydrogen) atoms. The van der Waals surface area contributed by atoms with E-state index in [1.165, 1.54) is 0 Å².